The summed E-state index contributed by atoms with van der Waals surface area (Å²) in [6, 6.07) is 8.62. The summed E-state index contributed by atoms with van der Waals surface area (Å²) in [5.41, 5.74) is 0.326. The number of anilines is 1. The molecule has 0 atom stereocenters. The molecule has 126 valence electrons. The van der Waals surface area contributed by atoms with E-state index in [1.807, 2.05) is 0 Å². The summed E-state index contributed by atoms with van der Waals surface area (Å²) in [6.45, 7) is 0. The Labute approximate surface area is 137 Å². The molecule has 0 saturated heterocycles. The van der Waals surface area contributed by atoms with Crippen molar-refractivity contribution in [3.05, 3.63) is 42.2 Å². The Bertz CT molecular complexity index is 1000. The van der Waals surface area contributed by atoms with Crippen molar-refractivity contribution < 1.29 is 26.8 Å². The minimum absolute atomic E-state index is 0.104. The van der Waals surface area contributed by atoms with Crippen molar-refractivity contribution in [1.82, 2.24) is 5.16 Å². The fourth-order valence-electron chi connectivity index (χ4n) is 2.29. The van der Waals surface area contributed by atoms with Crippen molar-refractivity contribution in [2.24, 2.45) is 0 Å². The third-order valence-corrected chi connectivity index (χ3v) is 4.73. The number of hydrogen-bond donors (Lipinski definition) is 1. The predicted molar refractivity (Wildman–Crippen MR) is 84.3 cm³/mol. The van der Waals surface area contributed by atoms with Gasteiger partial charge in [-0.1, -0.05) is 17.3 Å². The fraction of sp³-hybridized carbons (Fsp3) is 0.133. The number of fused-ring (bicyclic) bond motifs is 1. The third kappa shape index (κ3) is 2.62. The highest BCUT2D eigenvalue weighted by molar-refractivity contribution is 7.92. The first-order chi connectivity index (χ1) is 11.5. The van der Waals surface area contributed by atoms with Crippen LogP contribution in [0.4, 0.5) is 10.2 Å². The second kappa shape index (κ2) is 6.00. The zero-order valence-electron chi connectivity index (χ0n) is 12.7. The minimum atomic E-state index is -4.30. The summed E-state index contributed by atoms with van der Waals surface area (Å²) in [7, 11) is -1.62. The lowest BCUT2D eigenvalue weighted by Gasteiger charge is -2.11. The summed E-state index contributed by atoms with van der Waals surface area (Å²) in [5, 5.41) is 4.02. The predicted octanol–water partition coefficient (Wildman–Crippen LogP) is 2.78. The molecule has 2 aromatic carbocycles. The standard InChI is InChI=1S/C15H13FN2O5S/c1-21-10-6-4-7-11-13(10)15(17-23-11)18-24(19,20)14-9(16)5-3-8-12(14)22-2/h3-8H,1-2H3,(H,17,18). The van der Waals surface area contributed by atoms with Crippen molar-refractivity contribution in [3.8, 4) is 11.5 Å². The van der Waals surface area contributed by atoms with Crippen LogP contribution in [0, 0.1) is 5.82 Å². The van der Waals surface area contributed by atoms with Gasteiger partial charge in [-0.25, -0.2) is 12.8 Å². The molecule has 0 saturated carbocycles. The van der Waals surface area contributed by atoms with E-state index in [9.17, 15) is 12.8 Å². The van der Waals surface area contributed by atoms with Crippen molar-refractivity contribution in [3.63, 3.8) is 0 Å². The second-order valence-corrected chi connectivity index (χ2v) is 6.36. The highest BCUT2D eigenvalue weighted by Crippen LogP contribution is 2.34. The highest BCUT2D eigenvalue weighted by Gasteiger charge is 2.27. The molecule has 0 aliphatic rings. The molecule has 9 heteroatoms. The van der Waals surface area contributed by atoms with Gasteiger partial charge in [-0.05, 0) is 24.3 Å². The topological polar surface area (TPSA) is 90.7 Å². The van der Waals surface area contributed by atoms with Gasteiger partial charge in [0.1, 0.15) is 22.7 Å². The largest absolute Gasteiger partial charge is 0.496 e. The summed E-state index contributed by atoms with van der Waals surface area (Å²) in [4.78, 5) is -0.612. The Morgan fingerprint density at radius 3 is 2.46 bits per heavy atom. The molecule has 0 amide bonds. The molecule has 3 rings (SSSR count). The smallest absolute Gasteiger partial charge is 0.269 e. The van der Waals surface area contributed by atoms with Gasteiger partial charge in [-0.2, -0.15) is 0 Å². The molecule has 0 aliphatic heterocycles. The van der Waals surface area contributed by atoms with E-state index in [2.05, 4.69) is 9.88 Å². The van der Waals surface area contributed by atoms with Crippen LogP contribution in [-0.2, 0) is 10.0 Å². The molecule has 0 fully saturated rings. The lowest BCUT2D eigenvalue weighted by molar-refractivity contribution is 0.395. The molecule has 1 heterocycles. The maximum absolute atomic E-state index is 14.1. The zero-order chi connectivity index (χ0) is 17.3. The average Bonchev–Trinajstić information content (AvgIpc) is 2.96. The van der Waals surface area contributed by atoms with Crippen LogP contribution < -0.4 is 14.2 Å². The maximum Gasteiger partial charge on any atom is 0.269 e. The van der Waals surface area contributed by atoms with E-state index >= 15 is 0 Å². The molecular formula is C15H13FN2O5S. The third-order valence-electron chi connectivity index (χ3n) is 3.33. The van der Waals surface area contributed by atoms with Crippen molar-refractivity contribution >= 4 is 26.8 Å². The Kier molecular flexibility index (Phi) is 4.02. The molecule has 1 aromatic heterocycles. The molecule has 0 radical (unpaired) electrons. The molecule has 0 spiro atoms. The molecule has 0 unspecified atom stereocenters. The number of sulfonamides is 1. The first-order valence-electron chi connectivity index (χ1n) is 6.75. The fourth-order valence-corrected chi connectivity index (χ4v) is 3.53. The minimum Gasteiger partial charge on any atom is -0.496 e. The van der Waals surface area contributed by atoms with Gasteiger partial charge in [0.05, 0.1) is 14.2 Å². The monoisotopic (exact) mass is 352 g/mol. The van der Waals surface area contributed by atoms with Gasteiger partial charge in [0.15, 0.2) is 16.3 Å². The van der Waals surface area contributed by atoms with Crippen LogP contribution in [0.5, 0.6) is 11.5 Å². The maximum atomic E-state index is 14.1. The Balaban J connectivity index is 2.12. The number of methoxy groups -OCH3 is 2. The molecular weight excluding hydrogens is 339 g/mol. The number of nitrogens with zero attached hydrogens (tertiary/aromatic N) is 1. The van der Waals surface area contributed by atoms with Gasteiger partial charge in [-0.3, -0.25) is 4.72 Å². The lowest BCUT2D eigenvalue weighted by atomic mass is 10.2. The number of aromatic nitrogens is 1. The number of ether oxygens (including phenoxy) is 2. The van der Waals surface area contributed by atoms with E-state index in [1.54, 1.807) is 18.2 Å². The van der Waals surface area contributed by atoms with Gasteiger partial charge in [0, 0.05) is 0 Å². The summed E-state index contributed by atoms with van der Waals surface area (Å²) >= 11 is 0. The van der Waals surface area contributed by atoms with Gasteiger partial charge in [-0.15, -0.1) is 0 Å². The zero-order valence-corrected chi connectivity index (χ0v) is 13.6. The van der Waals surface area contributed by atoms with Gasteiger partial charge in [0.2, 0.25) is 0 Å². The molecule has 1 N–H and O–H groups in total. The molecule has 7 nitrogen and oxygen atoms in total. The number of halogens is 1. The Hall–Kier alpha value is -2.81. The van der Waals surface area contributed by atoms with Crippen molar-refractivity contribution in [2.75, 3.05) is 18.9 Å². The molecule has 0 aliphatic carbocycles. The number of hydrogen-bond acceptors (Lipinski definition) is 6. The van der Waals surface area contributed by atoms with Crippen LogP contribution in [0.15, 0.2) is 45.8 Å². The normalized spacial score (nSPS) is 11.5. The number of rotatable bonds is 5. The Morgan fingerprint density at radius 2 is 1.75 bits per heavy atom. The average molecular weight is 352 g/mol. The number of benzene rings is 2. The van der Waals surface area contributed by atoms with Gasteiger partial charge in [0.25, 0.3) is 10.0 Å². The van der Waals surface area contributed by atoms with E-state index in [1.165, 1.54) is 26.4 Å². The molecule has 3 aromatic rings. The van der Waals surface area contributed by atoms with Gasteiger partial charge < -0.3 is 14.0 Å². The quantitative estimate of drug-likeness (QED) is 0.759. The van der Waals surface area contributed by atoms with Crippen LogP contribution in [0.2, 0.25) is 0 Å². The summed E-state index contributed by atoms with van der Waals surface area (Å²) < 4.78 is 56.6. The van der Waals surface area contributed by atoms with Crippen LogP contribution in [0.3, 0.4) is 0 Å². The van der Waals surface area contributed by atoms with Gasteiger partial charge >= 0.3 is 0 Å². The van der Waals surface area contributed by atoms with Crippen LogP contribution in [-0.4, -0.2) is 27.8 Å². The van der Waals surface area contributed by atoms with Crippen LogP contribution >= 0.6 is 0 Å². The number of nitrogens with one attached hydrogen (secondary N) is 1. The lowest BCUT2D eigenvalue weighted by Crippen LogP contribution is -2.16. The van der Waals surface area contributed by atoms with Crippen molar-refractivity contribution in [2.45, 2.75) is 4.90 Å². The van der Waals surface area contributed by atoms with Crippen LogP contribution in [0.1, 0.15) is 0 Å². The molecule has 24 heavy (non-hydrogen) atoms. The first kappa shape index (κ1) is 16.1. The summed E-state index contributed by atoms with van der Waals surface area (Å²) in [5.74, 6) is -0.802. The SMILES string of the molecule is COc1cccc(F)c1S(=O)(=O)Nc1noc2cccc(OC)c12. The van der Waals surface area contributed by atoms with E-state index in [0.29, 0.717) is 16.7 Å². The Morgan fingerprint density at radius 1 is 1.08 bits per heavy atom. The van der Waals surface area contributed by atoms with E-state index in [4.69, 9.17) is 14.0 Å². The van der Waals surface area contributed by atoms with Crippen LogP contribution in [0.25, 0.3) is 11.0 Å². The van der Waals surface area contributed by atoms with Crippen molar-refractivity contribution in [1.29, 1.82) is 0 Å². The highest BCUT2D eigenvalue weighted by atomic mass is 32.2. The first-order valence-corrected chi connectivity index (χ1v) is 8.24. The second-order valence-electron chi connectivity index (χ2n) is 4.74. The van der Waals surface area contributed by atoms with E-state index in [0.717, 1.165) is 6.07 Å². The van der Waals surface area contributed by atoms with E-state index in [-0.39, 0.29) is 11.6 Å². The molecule has 0 bridgehead atoms. The van der Waals surface area contributed by atoms with E-state index < -0.39 is 20.7 Å². The summed E-state index contributed by atoms with van der Waals surface area (Å²) in [6.07, 6.45) is 0.